The molecule has 1 aliphatic heterocycles. The fraction of sp³-hybridized carbons (Fsp3) is 0.533. The number of carbonyl (C=O) groups excluding carboxylic acids is 1. The zero-order valence-corrected chi connectivity index (χ0v) is 16.4. The average Bonchev–Trinajstić information content (AvgIpc) is 3.05. The SMILES string of the molecule is Cc1nc(-c2cnn(C)c2)sc1C(=O)NC1CCNC(C)C1.Cl.Cl. The van der Waals surface area contributed by atoms with Crippen LogP contribution >= 0.6 is 36.2 Å². The van der Waals surface area contributed by atoms with Crippen molar-refractivity contribution in [3.8, 4) is 10.6 Å². The molecule has 2 N–H and O–H groups in total. The second-order valence-corrected chi connectivity index (χ2v) is 6.89. The van der Waals surface area contributed by atoms with E-state index in [9.17, 15) is 4.79 Å². The van der Waals surface area contributed by atoms with E-state index >= 15 is 0 Å². The van der Waals surface area contributed by atoms with Crippen LogP contribution in [-0.4, -0.2) is 39.3 Å². The minimum absolute atomic E-state index is 0. The smallest absolute Gasteiger partial charge is 0.263 e. The highest BCUT2D eigenvalue weighted by molar-refractivity contribution is 7.17. The molecule has 0 saturated carbocycles. The third-order valence-corrected chi connectivity index (χ3v) is 5.12. The van der Waals surface area contributed by atoms with E-state index < -0.39 is 0 Å². The molecule has 0 aliphatic carbocycles. The molecule has 3 heterocycles. The predicted octanol–water partition coefficient (Wildman–Crippen LogP) is 2.57. The van der Waals surface area contributed by atoms with Crippen LogP contribution in [0.25, 0.3) is 10.6 Å². The molecule has 2 aromatic rings. The number of nitrogens with zero attached hydrogens (tertiary/aromatic N) is 3. The highest BCUT2D eigenvalue weighted by atomic mass is 35.5. The van der Waals surface area contributed by atoms with Gasteiger partial charge in [-0.25, -0.2) is 4.98 Å². The van der Waals surface area contributed by atoms with Gasteiger partial charge in [-0.3, -0.25) is 9.48 Å². The lowest BCUT2D eigenvalue weighted by atomic mass is 10.0. The zero-order chi connectivity index (χ0) is 15.7. The quantitative estimate of drug-likeness (QED) is 0.842. The lowest BCUT2D eigenvalue weighted by molar-refractivity contribution is 0.0929. The lowest BCUT2D eigenvalue weighted by Crippen LogP contribution is -2.46. The monoisotopic (exact) mass is 391 g/mol. The van der Waals surface area contributed by atoms with Crippen molar-refractivity contribution in [3.63, 3.8) is 0 Å². The lowest BCUT2D eigenvalue weighted by Gasteiger charge is -2.28. The number of amides is 1. The van der Waals surface area contributed by atoms with Gasteiger partial charge in [-0.1, -0.05) is 0 Å². The summed E-state index contributed by atoms with van der Waals surface area (Å²) in [5.74, 6) is -0.00996. The predicted molar refractivity (Wildman–Crippen MR) is 102 cm³/mol. The van der Waals surface area contributed by atoms with Gasteiger partial charge in [-0.2, -0.15) is 5.10 Å². The summed E-state index contributed by atoms with van der Waals surface area (Å²) in [5, 5.41) is 11.5. The first-order valence-corrected chi connectivity index (χ1v) is 8.35. The number of hydrogen-bond donors (Lipinski definition) is 2. The van der Waals surface area contributed by atoms with Gasteiger partial charge in [0, 0.05) is 30.9 Å². The van der Waals surface area contributed by atoms with Gasteiger partial charge in [0.2, 0.25) is 0 Å². The third-order valence-electron chi connectivity index (χ3n) is 3.91. The van der Waals surface area contributed by atoms with Gasteiger partial charge in [0.05, 0.1) is 11.9 Å². The number of thiazole rings is 1. The number of carbonyl (C=O) groups is 1. The van der Waals surface area contributed by atoms with Crippen molar-refractivity contribution in [2.24, 2.45) is 7.05 Å². The highest BCUT2D eigenvalue weighted by Gasteiger charge is 2.23. The number of nitrogens with one attached hydrogen (secondary N) is 2. The van der Waals surface area contributed by atoms with Crippen LogP contribution in [0.3, 0.4) is 0 Å². The maximum Gasteiger partial charge on any atom is 0.263 e. The normalized spacial score (nSPS) is 20.0. The topological polar surface area (TPSA) is 71.8 Å². The number of halogens is 2. The highest BCUT2D eigenvalue weighted by Crippen LogP contribution is 2.27. The Labute approximate surface area is 158 Å². The molecule has 0 bridgehead atoms. The Morgan fingerprint density at radius 2 is 2.21 bits per heavy atom. The maximum atomic E-state index is 12.5. The van der Waals surface area contributed by atoms with Gasteiger partial charge in [-0.15, -0.1) is 36.2 Å². The van der Waals surface area contributed by atoms with Crippen molar-refractivity contribution < 1.29 is 4.79 Å². The van der Waals surface area contributed by atoms with Crippen LogP contribution in [0, 0.1) is 6.92 Å². The number of aryl methyl sites for hydroxylation is 2. The second kappa shape index (κ2) is 8.80. The van der Waals surface area contributed by atoms with Gasteiger partial charge >= 0.3 is 0 Å². The molecule has 6 nitrogen and oxygen atoms in total. The van der Waals surface area contributed by atoms with E-state index in [2.05, 4.69) is 27.6 Å². The fourth-order valence-corrected chi connectivity index (χ4v) is 3.72. The molecule has 1 saturated heterocycles. The zero-order valence-electron chi connectivity index (χ0n) is 13.9. The first-order chi connectivity index (χ1) is 10.5. The van der Waals surface area contributed by atoms with Crippen molar-refractivity contribution in [2.45, 2.75) is 38.8 Å². The number of rotatable bonds is 3. The van der Waals surface area contributed by atoms with Crippen molar-refractivity contribution in [3.05, 3.63) is 23.0 Å². The summed E-state index contributed by atoms with van der Waals surface area (Å²) in [7, 11) is 1.87. The molecular weight excluding hydrogens is 369 g/mol. The number of hydrogen-bond acceptors (Lipinski definition) is 5. The molecule has 2 aromatic heterocycles. The summed E-state index contributed by atoms with van der Waals surface area (Å²) in [6, 6.07) is 0.694. The van der Waals surface area contributed by atoms with Gasteiger partial charge in [0.15, 0.2) is 0 Å². The Kier molecular flexibility index (Phi) is 7.66. The van der Waals surface area contributed by atoms with E-state index in [0.29, 0.717) is 10.9 Å². The van der Waals surface area contributed by atoms with Gasteiger partial charge < -0.3 is 10.6 Å². The molecule has 24 heavy (non-hydrogen) atoms. The van der Waals surface area contributed by atoms with Crippen LogP contribution in [0.5, 0.6) is 0 Å². The number of piperidine rings is 1. The second-order valence-electron chi connectivity index (χ2n) is 5.89. The molecule has 1 amide bonds. The summed E-state index contributed by atoms with van der Waals surface area (Å²) >= 11 is 1.43. The summed E-state index contributed by atoms with van der Waals surface area (Å²) in [6.45, 7) is 4.99. The maximum absolute atomic E-state index is 12.5. The molecular formula is C15H23Cl2N5OS. The van der Waals surface area contributed by atoms with Crippen molar-refractivity contribution in [1.29, 1.82) is 0 Å². The summed E-state index contributed by atoms with van der Waals surface area (Å²) in [4.78, 5) is 17.7. The Morgan fingerprint density at radius 3 is 2.83 bits per heavy atom. The molecule has 9 heteroatoms. The Balaban J connectivity index is 0.00000144. The van der Waals surface area contributed by atoms with Crippen LogP contribution in [0.1, 0.15) is 35.1 Å². The standard InChI is InChI=1S/C15H21N5OS.2ClH/c1-9-6-12(4-5-16-9)19-14(21)13-10(2)18-15(22-13)11-7-17-20(3)8-11;;/h7-9,12,16H,4-6H2,1-3H3,(H,19,21);2*1H. The van der Waals surface area contributed by atoms with Crippen molar-refractivity contribution >= 4 is 42.1 Å². The largest absolute Gasteiger partial charge is 0.348 e. The van der Waals surface area contributed by atoms with E-state index in [0.717, 1.165) is 35.7 Å². The van der Waals surface area contributed by atoms with E-state index in [4.69, 9.17) is 0 Å². The van der Waals surface area contributed by atoms with Crippen LogP contribution in [0.4, 0.5) is 0 Å². The molecule has 2 unspecified atom stereocenters. The minimum atomic E-state index is -0.00996. The molecule has 1 aliphatic rings. The summed E-state index contributed by atoms with van der Waals surface area (Å²) < 4.78 is 1.74. The van der Waals surface area contributed by atoms with E-state index in [1.54, 1.807) is 10.9 Å². The van der Waals surface area contributed by atoms with Crippen LogP contribution < -0.4 is 10.6 Å². The Morgan fingerprint density at radius 1 is 1.46 bits per heavy atom. The van der Waals surface area contributed by atoms with E-state index in [1.807, 2.05) is 20.2 Å². The molecule has 2 atom stereocenters. The van der Waals surface area contributed by atoms with Gasteiger partial charge in [0.1, 0.15) is 9.88 Å². The van der Waals surface area contributed by atoms with E-state index in [-0.39, 0.29) is 36.8 Å². The fourth-order valence-electron chi connectivity index (χ4n) is 2.78. The molecule has 1 fully saturated rings. The van der Waals surface area contributed by atoms with Crippen molar-refractivity contribution in [2.75, 3.05) is 6.54 Å². The summed E-state index contributed by atoms with van der Waals surface area (Å²) in [6.07, 6.45) is 5.63. The van der Waals surface area contributed by atoms with E-state index in [1.165, 1.54) is 11.3 Å². The first-order valence-electron chi connectivity index (χ1n) is 7.53. The molecule has 0 aromatic carbocycles. The Hall–Kier alpha value is -1.15. The molecule has 0 spiro atoms. The van der Waals surface area contributed by atoms with Crippen LogP contribution in [-0.2, 0) is 7.05 Å². The molecule has 0 radical (unpaired) electrons. The van der Waals surface area contributed by atoms with Crippen LogP contribution in [0.15, 0.2) is 12.4 Å². The number of aromatic nitrogens is 3. The van der Waals surface area contributed by atoms with Gasteiger partial charge in [-0.05, 0) is 33.2 Å². The Bertz CT molecular complexity index is 687. The molecule has 134 valence electrons. The summed E-state index contributed by atoms with van der Waals surface area (Å²) in [5.41, 5.74) is 1.73. The van der Waals surface area contributed by atoms with Crippen LogP contribution in [0.2, 0.25) is 0 Å². The van der Waals surface area contributed by atoms with Gasteiger partial charge in [0.25, 0.3) is 5.91 Å². The molecule has 3 rings (SSSR count). The van der Waals surface area contributed by atoms with Crippen molar-refractivity contribution in [1.82, 2.24) is 25.4 Å². The third kappa shape index (κ3) is 4.69. The minimum Gasteiger partial charge on any atom is -0.348 e. The first kappa shape index (κ1) is 20.9. The average molecular weight is 392 g/mol.